The Labute approximate surface area is 261 Å². The van der Waals surface area contributed by atoms with E-state index in [1.54, 1.807) is 28.7 Å². The second-order valence-corrected chi connectivity index (χ2v) is 12.4. The van der Waals surface area contributed by atoms with Crippen LogP contribution in [0.3, 0.4) is 0 Å². The lowest BCUT2D eigenvalue weighted by Crippen LogP contribution is -2.59. The summed E-state index contributed by atoms with van der Waals surface area (Å²) in [7, 11) is 0. The zero-order valence-electron chi connectivity index (χ0n) is 25.7. The van der Waals surface area contributed by atoms with E-state index in [9.17, 15) is 24.3 Å². The van der Waals surface area contributed by atoms with E-state index in [4.69, 9.17) is 9.47 Å². The number of fused-ring (bicyclic) bond motifs is 3. The molecule has 5 bridgehead atoms. The highest BCUT2D eigenvalue weighted by atomic mass is 16.6. The Balaban J connectivity index is 1.45. The molecule has 0 saturated carbocycles. The van der Waals surface area contributed by atoms with Crippen LogP contribution in [0.2, 0.25) is 0 Å². The summed E-state index contributed by atoms with van der Waals surface area (Å²) < 4.78 is 13.8. The molecule has 2 N–H and O–H groups in total. The molecule has 13 nitrogen and oxygen atoms in total. The van der Waals surface area contributed by atoms with Crippen molar-refractivity contribution in [2.75, 3.05) is 19.7 Å². The van der Waals surface area contributed by atoms with Gasteiger partial charge in [-0.1, -0.05) is 61.9 Å². The average Bonchev–Trinajstić information content (AvgIpc) is 3.78. The number of esters is 1. The number of aliphatic hydroxyl groups excluding tert-OH is 1. The van der Waals surface area contributed by atoms with Crippen LogP contribution in [-0.4, -0.2) is 103 Å². The maximum atomic E-state index is 14.9. The smallest absolute Gasteiger partial charge is 0.313 e. The Morgan fingerprint density at radius 1 is 1.16 bits per heavy atom. The zero-order valence-corrected chi connectivity index (χ0v) is 25.7. The van der Waals surface area contributed by atoms with Crippen molar-refractivity contribution in [1.82, 2.24) is 30.1 Å². The Morgan fingerprint density at radius 2 is 1.96 bits per heavy atom. The lowest BCUT2D eigenvalue weighted by molar-refractivity contribution is -0.160. The highest BCUT2D eigenvalue weighted by molar-refractivity contribution is 5.99. The topological polar surface area (TPSA) is 156 Å². The zero-order chi connectivity index (χ0) is 31.9. The van der Waals surface area contributed by atoms with Gasteiger partial charge in [0.1, 0.15) is 35.9 Å². The number of benzene rings is 1. The Hall–Kier alpha value is -4.10. The van der Waals surface area contributed by atoms with E-state index < -0.39 is 59.5 Å². The Kier molecular flexibility index (Phi) is 8.49. The Bertz CT molecular complexity index is 1540. The predicted octanol–water partition coefficient (Wildman–Crippen LogP) is 1.17. The van der Waals surface area contributed by atoms with E-state index in [0.29, 0.717) is 18.4 Å². The van der Waals surface area contributed by atoms with Gasteiger partial charge in [-0.05, 0) is 31.4 Å². The first-order valence-corrected chi connectivity index (χ1v) is 15.7. The van der Waals surface area contributed by atoms with Gasteiger partial charge in [0.15, 0.2) is 0 Å². The molecule has 13 heteroatoms. The number of hydrogen-bond donors (Lipinski definition) is 2. The van der Waals surface area contributed by atoms with Gasteiger partial charge in [0.25, 0.3) is 5.91 Å². The fourth-order valence-electron chi connectivity index (χ4n) is 7.10. The predicted molar refractivity (Wildman–Crippen MR) is 161 cm³/mol. The number of rotatable bonds is 6. The van der Waals surface area contributed by atoms with Crippen LogP contribution in [0.1, 0.15) is 40.0 Å². The van der Waals surface area contributed by atoms with Gasteiger partial charge < -0.3 is 29.7 Å². The molecule has 240 valence electrons. The molecule has 2 aromatic rings. The first-order valence-electron chi connectivity index (χ1n) is 15.7. The molecule has 8 atom stereocenters. The molecular formula is C32H40N6O7. The van der Waals surface area contributed by atoms with E-state index in [0.717, 1.165) is 5.52 Å². The fraction of sp³-hybridized carbons (Fsp3) is 0.562. The van der Waals surface area contributed by atoms with Crippen molar-refractivity contribution in [2.45, 2.75) is 76.6 Å². The molecule has 1 spiro atoms. The number of carbonyl (C=O) groups is 4. The molecule has 5 heterocycles. The molecule has 6 rings (SSSR count). The van der Waals surface area contributed by atoms with Crippen molar-refractivity contribution >= 4 is 34.7 Å². The van der Waals surface area contributed by atoms with Gasteiger partial charge in [-0.3, -0.25) is 19.2 Å². The largest absolute Gasteiger partial charge is 0.460 e. The normalized spacial score (nSPS) is 32.5. The number of amides is 3. The molecule has 0 radical (unpaired) electrons. The number of nitrogens with one attached hydrogen (secondary N) is 1. The summed E-state index contributed by atoms with van der Waals surface area (Å²) >= 11 is 0. The highest BCUT2D eigenvalue weighted by Crippen LogP contribution is 2.56. The molecule has 2 fully saturated rings. The third kappa shape index (κ3) is 5.31. The number of likely N-dealkylation sites (tertiary alicyclic amines) is 1. The SMILES string of the molecule is CC[C@H](C)[C@H](CO)N1C(=O)[C@H]2[C@@H]3C(=O)O[C@H](C)CNC(=O)CC/C=C\CN(Cn4nnc5ccccc54)C(=O)[C@H]1[C@@]21C=C[C@@H]3O1. The lowest BCUT2D eigenvalue weighted by atomic mass is 9.74. The summed E-state index contributed by atoms with van der Waals surface area (Å²) in [5.74, 6) is -3.80. The molecule has 2 saturated heterocycles. The minimum atomic E-state index is -1.43. The van der Waals surface area contributed by atoms with Crippen LogP contribution in [-0.2, 0) is 35.3 Å². The van der Waals surface area contributed by atoms with Gasteiger partial charge in [0, 0.05) is 13.0 Å². The summed E-state index contributed by atoms with van der Waals surface area (Å²) in [4.78, 5) is 58.5. The van der Waals surface area contributed by atoms with Crippen LogP contribution in [0.5, 0.6) is 0 Å². The fourth-order valence-corrected chi connectivity index (χ4v) is 7.10. The van der Waals surface area contributed by atoms with E-state index in [1.807, 2.05) is 50.3 Å². The van der Waals surface area contributed by atoms with Gasteiger partial charge in [0.2, 0.25) is 11.8 Å². The molecule has 4 aliphatic heterocycles. The third-order valence-electron chi connectivity index (χ3n) is 9.63. The van der Waals surface area contributed by atoms with Crippen molar-refractivity contribution in [3.05, 3.63) is 48.6 Å². The van der Waals surface area contributed by atoms with Gasteiger partial charge in [0.05, 0.1) is 36.7 Å². The van der Waals surface area contributed by atoms with Crippen molar-refractivity contribution < 1.29 is 33.8 Å². The van der Waals surface area contributed by atoms with Gasteiger partial charge in [-0.25, -0.2) is 4.68 Å². The van der Waals surface area contributed by atoms with Crippen molar-refractivity contribution in [3.8, 4) is 0 Å². The van der Waals surface area contributed by atoms with Crippen LogP contribution in [0.15, 0.2) is 48.6 Å². The van der Waals surface area contributed by atoms with Gasteiger partial charge in [-0.15, -0.1) is 5.10 Å². The number of hydrogen-bond acceptors (Lipinski definition) is 9. The number of carbonyl (C=O) groups excluding carboxylic acids is 4. The number of allylic oxidation sites excluding steroid dienone is 1. The van der Waals surface area contributed by atoms with Crippen LogP contribution < -0.4 is 5.32 Å². The average molecular weight is 621 g/mol. The van der Waals surface area contributed by atoms with Gasteiger partial charge in [-0.2, -0.15) is 0 Å². The summed E-state index contributed by atoms with van der Waals surface area (Å²) in [6.07, 6.45) is 7.04. The monoisotopic (exact) mass is 620 g/mol. The van der Waals surface area contributed by atoms with Crippen LogP contribution in [0.4, 0.5) is 0 Å². The molecular weight excluding hydrogens is 580 g/mol. The van der Waals surface area contributed by atoms with Crippen molar-refractivity contribution in [1.29, 1.82) is 0 Å². The molecule has 4 aliphatic rings. The second kappa shape index (κ2) is 12.4. The van der Waals surface area contributed by atoms with E-state index >= 15 is 0 Å². The number of cyclic esters (lactones) is 1. The number of ether oxygens (including phenoxy) is 2. The molecule has 0 unspecified atom stereocenters. The summed E-state index contributed by atoms with van der Waals surface area (Å²) in [6.45, 7) is 5.50. The quantitative estimate of drug-likeness (QED) is 0.358. The van der Waals surface area contributed by atoms with Crippen LogP contribution in [0, 0.1) is 17.8 Å². The molecule has 1 aromatic carbocycles. The molecule has 45 heavy (non-hydrogen) atoms. The highest BCUT2D eigenvalue weighted by Gasteiger charge is 2.74. The summed E-state index contributed by atoms with van der Waals surface area (Å²) in [5.41, 5.74) is -0.0320. The molecule has 0 aliphatic carbocycles. The first-order chi connectivity index (χ1) is 21.7. The summed E-state index contributed by atoms with van der Waals surface area (Å²) in [6, 6.07) is 5.57. The molecule has 3 amide bonds. The first kappa shape index (κ1) is 30.9. The molecule has 1 aromatic heterocycles. The number of aromatic nitrogens is 3. The standard InChI is InChI=1S/C32H40N6O7/c1-4-19(2)23(17-39)38-28-30(42)36(18-37-22-11-8-7-10-21(22)34-35-37)15-9-5-6-12-25(40)33-16-20(3)44-31(43)26-24-13-14-32(28,45-24)27(26)29(38)41/h5,7-11,13-14,19-20,23-24,26-28,39H,4,6,12,15-18H2,1-3H3,(H,33,40)/b9-5-/t19-,20+,23-,24-,26+,27+,28-,32+/m0/s1. The second-order valence-electron chi connectivity index (χ2n) is 12.4. The van der Waals surface area contributed by atoms with Crippen LogP contribution in [0.25, 0.3) is 11.0 Å². The number of nitrogens with zero attached hydrogens (tertiary/aromatic N) is 5. The third-order valence-corrected chi connectivity index (χ3v) is 9.63. The van der Waals surface area contributed by atoms with Crippen molar-refractivity contribution in [3.63, 3.8) is 0 Å². The maximum absolute atomic E-state index is 14.9. The van der Waals surface area contributed by atoms with E-state index in [-0.39, 0.29) is 44.6 Å². The van der Waals surface area contributed by atoms with Crippen LogP contribution >= 0.6 is 0 Å². The number of aliphatic hydroxyl groups is 1. The minimum Gasteiger partial charge on any atom is -0.460 e. The number of para-hydroxylation sites is 1. The van der Waals surface area contributed by atoms with Gasteiger partial charge >= 0.3 is 5.97 Å². The van der Waals surface area contributed by atoms with E-state index in [1.165, 1.54) is 4.90 Å². The van der Waals surface area contributed by atoms with E-state index in [2.05, 4.69) is 15.6 Å². The Morgan fingerprint density at radius 3 is 2.73 bits per heavy atom. The lowest BCUT2D eigenvalue weighted by Gasteiger charge is -2.40. The maximum Gasteiger partial charge on any atom is 0.313 e. The summed E-state index contributed by atoms with van der Waals surface area (Å²) in [5, 5.41) is 21.9. The minimum absolute atomic E-state index is 0.0205. The van der Waals surface area contributed by atoms with Crippen molar-refractivity contribution in [2.24, 2.45) is 17.8 Å².